The third-order valence-corrected chi connectivity index (χ3v) is 2.54. The van der Waals surface area contributed by atoms with Crippen LogP contribution in [0.5, 0.6) is 0 Å². The first-order chi connectivity index (χ1) is 10.7. The molecule has 2 aliphatic rings. The molecule has 2 rings (SSSR count). The topological polar surface area (TPSA) is 221 Å². The van der Waals surface area contributed by atoms with Crippen molar-refractivity contribution in [3.05, 3.63) is 11.5 Å². The maximum atomic E-state index is 10.7. The van der Waals surface area contributed by atoms with E-state index in [4.69, 9.17) is 26.2 Å². The van der Waals surface area contributed by atoms with Crippen LogP contribution >= 0.6 is 0 Å². The maximum Gasteiger partial charge on any atom is 0.377 e. The van der Waals surface area contributed by atoms with Crippen LogP contribution in [0, 0.1) is 0 Å². The third kappa shape index (κ3) is 4.45. The van der Waals surface area contributed by atoms with Gasteiger partial charge >= 0.3 is 18.0 Å². The molecular weight excluding hydrogens is 320 g/mol. The minimum Gasteiger partial charge on any atom is -0.505 e. The number of amides is 5. The molecular formula is C10H14N4O9. The van der Waals surface area contributed by atoms with Gasteiger partial charge in [0.25, 0.3) is 5.91 Å². The Morgan fingerprint density at radius 1 is 1.35 bits per heavy atom. The molecule has 3 atom stereocenters. The van der Waals surface area contributed by atoms with Crippen LogP contribution in [0.1, 0.15) is 0 Å². The molecule has 128 valence electrons. The largest absolute Gasteiger partial charge is 0.505 e. The molecule has 13 heteroatoms. The molecule has 3 unspecified atom stereocenters. The first kappa shape index (κ1) is 18.0. The number of cyclic esters (lactones) is 1. The summed E-state index contributed by atoms with van der Waals surface area (Å²) >= 11 is 0. The Morgan fingerprint density at radius 3 is 2.30 bits per heavy atom. The SMILES string of the molecule is NC(=O)NC1NC(=O)NC1=O.O=C1OC(C(O)CO)C(O)=C1O. The zero-order valence-corrected chi connectivity index (χ0v) is 11.3. The molecule has 2 aliphatic heterocycles. The van der Waals surface area contributed by atoms with Gasteiger partial charge in [0.1, 0.15) is 6.10 Å². The Morgan fingerprint density at radius 2 is 1.96 bits per heavy atom. The van der Waals surface area contributed by atoms with Gasteiger partial charge in [-0.25, -0.2) is 14.4 Å². The average Bonchev–Trinajstić information content (AvgIpc) is 2.92. The van der Waals surface area contributed by atoms with Gasteiger partial charge in [-0.05, 0) is 0 Å². The average molecular weight is 334 g/mol. The number of primary amides is 1. The molecule has 1 saturated heterocycles. The van der Waals surface area contributed by atoms with Crippen LogP contribution in [0.3, 0.4) is 0 Å². The van der Waals surface area contributed by atoms with E-state index >= 15 is 0 Å². The van der Waals surface area contributed by atoms with Gasteiger partial charge in [0, 0.05) is 0 Å². The van der Waals surface area contributed by atoms with Crippen molar-refractivity contribution < 1.29 is 44.3 Å². The van der Waals surface area contributed by atoms with Gasteiger partial charge < -0.3 is 41.5 Å². The molecule has 0 aromatic heterocycles. The Hall–Kier alpha value is -3.06. The summed E-state index contributed by atoms with van der Waals surface area (Å²) in [5.74, 6) is -3.40. The Bertz CT molecular complexity index is 561. The summed E-state index contributed by atoms with van der Waals surface area (Å²) in [6.45, 7) is -0.671. The van der Waals surface area contributed by atoms with E-state index < -0.39 is 60.4 Å². The number of aliphatic hydroxyl groups is 4. The van der Waals surface area contributed by atoms with E-state index in [1.807, 2.05) is 10.6 Å². The lowest BCUT2D eigenvalue weighted by molar-refractivity contribution is -0.147. The molecule has 0 spiro atoms. The minimum atomic E-state index is -1.42. The van der Waals surface area contributed by atoms with Crippen LogP contribution in [0.15, 0.2) is 11.5 Å². The van der Waals surface area contributed by atoms with Crippen LogP contribution in [0.2, 0.25) is 0 Å². The number of carbonyl (C=O) groups is 4. The molecule has 13 nitrogen and oxygen atoms in total. The summed E-state index contributed by atoms with van der Waals surface area (Å²) in [5, 5.41) is 41.1. The van der Waals surface area contributed by atoms with Crippen molar-refractivity contribution in [3.63, 3.8) is 0 Å². The molecule has 23 heavy (non-hydrogen) atoms. The Balaban J connectivity index is 0.000000231. The van der Waals surface area contributed by atoms with Crippen molar-refractivity contribution in [2.24, 2.45) is 5.73 Å². The number of esters is 1. The standard InChI is InChI=1S/C6H8O6.C4H6N4O3/c7-1-2(8)5-3(9)4(10)6(11)12-5;5-3(10)6-1-2(9)8-4(11)7-1/h2,5,7-10H,1H2;1H,(H3,5,6,10)(H2,7,8,9,11). The predicted octanol–water partition coefficient (Wildman–Crippen LogP) is -3.59. The number of hydrogen-bond acceptors (Lipinski definition) is 9. The fourth-order valence-corrected chi connectivity index (χ4v) is 1.48. The lowest BCUT2D eigenvalue weighted by Crippen LogP contribution is -2.48. The smallest absolute Gasteiger partial charge is 0.377 e. The second kappa shape index (κ2) is 7.28. The fourth-order valence-electron chi connectivity index (χ4n) is 1.48. The number of imide groups is 1. The van der Waals surface area contributed by atoms with Crippen molar-refractivity contribution in [1.82, 2.24) is 16.0 Å². The van der Waals surface area contributed by atoms with Gasteiger partial charge in [-0.2, -0.15) is 0 Å². The molecule has 0 aliphatic carbocycles. The number of urea groups is 2. The van der Waals surface area contributed by atoms with Gasteiger partial charge in [-0.15, -0.1) is 0 Å². The summed E-state index contributed by atoms with van der Waals surface area (Å²) in [4.78, 5) is 41.8. The number of ether oxygens (including phenoxy) is 1. The highest BCUT2D eigenvalue weighted by atomic mass is 16.6. The maximum absolute atomic E-state index is 10.7. The monoisotopic (exact) mass is 334 g/mol. The van der Waals surface area contributed by atoms with E-state index in [1.165, 1.54) is 0 Å². The number of rotatable bonds is 3. The Labute approximate surface area is 127 Å². The number of nitrogens with one attached hydrogen (secondary N) is 3. The van der Waals surface area contributed by atoms with E-state index in [-0.39, 0.29) is 0 Å². The van der Waals surface area contributed by atoms with E-state index in [0.717, 1.165) is 0 Å². The summed E-state index contributed by atoms with van der Waals surface area (Å²) < 4.78 is 4.32. The molecule has 1 fully saturated rings. The van der Waals surface area contributed by atoms with Gasteiger partial charge in [-0.1, -0.05) is 0 Å². The lowest BCUT2D eigenvalue weighted by atomic mass is 10.2. The van der Waals surface area contributed by atoms with Gasteiger partial charge in [0.15, 0.2) is 18.0 Å². The molecule has 0 aromatic rings. The highest BCUT2D eigenvalue weighted by Crippen LogP contribution is 2.20. The van der Waals surface area contributed by atoms with Gasteiger partial charge in [0.05, 0.1) is 6.61 Å². The molecule has 0 bridgehead atoms. The fraction of sp³-hybridized carbons (Fsp3) is 0.400. The van der Waals surface area contributed by atoms with Crippen LogP contribution in [0.25, 0.3) is 0 Å². The molecule has 0 aromatic carbocycles. The molecule has 0 radical (unpaired) electrons. The second-order valence-corrected chi connectivity index (χ2v) is 4.21. The highest BCUT2D eigenvalue weighted by molar-refractivity contribution is 6.05. The van der Waals surface area contributed by atoms with Crippen LogP contribution in [-0.4, -0.2) is 69.3 Å². The summed E-state index contributed by atoms with van der Waals surface area (Å²) in [6.07, 6.45) is -3.82. The molecule has 0 saturated carbocycles. The molecule has 5 amide bonds. The highest BCUT2D eigenvalue weighted by Gasteiger charge is 2.38. The van der Waals surface area contributed by atoms with E-state index in [9.17, 15) is 19.2 Å². The van der Waals surface area contributed by atoms with Crippen LogP contribution < -0.4 is 21.7 Å². The molecule has 2 heterocycles. The van der Waals surface area contributed by atoms with Crippen molar-refractivity contribution >= 4 is 23.9 Å². The number of hydrogen-bond donors (Lipinski definition) is 8. The molecule has 9 N–H and O–H groups in total. The lowest BCUT2D eigenvalue weighted by Gasteiger charge is -2.13. The second-order valence-electron chi connectivity index (χ2n) is 4.21. The van der Waals surface area contributed by atoms with Crippen LogP contribution in [0.4, 0.5) is 9.59 Å². The van der Waals surface area contributed by atoms with Crippen molar-refractivity contribution in [2.45, 2.75) is 18.4 Å². The first-order valence-corrected chi connectivity index (χ1v) is 5.96. The van der Waals surface area contributed by atoms with Crippen molar-refractivity contribution in [1.29, 1.82) is 0 Å². The summed E-state index contributed by atoms with van der Waals surface area (Å²) in [6, 6.07) is -1.51. The predicted molar refractivity (Wildman–Crippen MR) is 68.4 cm³/mol. The zero-order valence-electron chi connectivity index (χ0n) is 11.3. The Kier molecular flexibility index (Phi) is 5.69. The van der Waals surface area contributed by atoms with Gasteiger partial charge in [-0.3, -0.25) is 10.1 Å². The first-order valence-electron chi connectivity index (χ1n) is 5.96. The van der Waals surface area contributed by atoms with E-state index in [1.54, 1.807) is 0 Å². The van der Waals surface area contributed by atoms with Crippen molar-refractivity contribution in [2.75, 3.05) is 6.61 Å². The van der Waals surface area contributed by atoms with Crippen molar-refractivity contribution in [3.8, 4) is 0 Å². The van der Waals surface area contributed by atoms with E-state index in [2.05, 4.69) is 10.1 Å². The quantitative estimate of drug-likeness (QED) is 0.188. The van der Waals surface area contributed by atoms with Crippen LogP contribution in [-0.2, 0) is 14.3 Å². The van der Waals surface area contributed by atoms with Gasteiger partial charge in [0.2, 0.25) is 5.76 Å². The third-order valence-electron chi connectivity index (χ3n) is 2.54. The number of nitrogens with two attached hydrogens (primary N) is 1. The van der Waals surface area contributed by atoms with E-state index in [0.29, 0.717) is 0 Å². The number of aliphatic hydroxyl groups excluding tert-OH is 4. The summed E-state index contributed by atoms with van der Waals surface area (Å²) in [7, 11) is 0. The minimum absolute atomic E-state index is 0.617. The summed E-state index contributed by atoms with van der Waals surface area (Å²) in [5.41, 5.74) is 4.70. The number of carbonyl (C=O) groups excluding carboxylic acids is 4. The normalized spacial score (nSPS) is 24.2. The zero-order chi connectivity index (χ0) is 17.7.